The maximum atomic E-state index is 11.9. The lowest BCUT2D eigenvalue weighted by atomic mass is 10.2. The molecule has 0 saturated carbocycles. The molecule has 0 atom stereocenters. The fourth-order valence-electron chi connectivity index (χ4n) is 1.61. The molecule has 3 nitrogen and oxygen atoms in total. The summed E-state index contributed by atoms with van der Waals surface area (Å²) in [6.45, 7) is 0.827. The van der Waals surface area contributed by atoms with E-state index in [1.807, 2.05) is 18.2 Å². The second-order valence-electron chi connectivity index (χ2n) is 3.53. The van der Waals surface area contributed by atoms with Crippen molar-refractivity contribution >= 4 is 34.3 Å². The number of carbonyl (C=O) groups excluding carboxylic acids is 2. The van der Waals surface area contributed by atoms with Gasteiger partial charge in [0, 0.05) is 22.1 Å². The largest absolute Gasteiger partial charge is 0.331 e. The van der Waals surface area contributed by atoms with Gasteiger partial charge in [-0.25, -0.2) is 0 Å². The van der Waals surface area contributed by atoms with E-state index in [2.05, 4.69) is 22.6 Å². The molecule has 0 unspecified atom stereocenters. The van der Waals surface area contributed by atoms with Crippen LogP contribution in [0.5, 0.6) is 0 Å². The number of rotatable bonds is 1. The molecule has 1 aromatic carbocycles. The highest BCUT2D eigenvalue weighted by Gasteiger charge is 2.24. The zero-order valence-electron chi connectivity index (χ0n) is 8.07. The van der Waals surface area contributed by atoms with E-state index in [4.69, 9.17) is 0 Å². The first-order valence-electron chi connectivity index (χ1n) is 4.73. The first-order chi connectivity index (χ1) is 7.16. The van der Waals surface area contributed by atoms with E-state index in [1.165, 1.54) is 0 Å². The van der Waals surface area contributed by atoms with Gasteiger partial charge in [-0.2, -0.15) is 0 Å². The van der Waals surface area contributed by atoms with Crippen molar-refractivity contribution in [2.75, 3.05) is 13.1 Å². The third kappa shape index (κ3) is 2.37. The van der Waals surface area contributed by atoms with Crippen LogP contribution < -0.4 is 0 Å². The molecule has 1 heterocycles. The van der Waals surface area contributed by atoms with Gasteiger partial charge in [-0.15, -0.1) is 0 Å². The summed E-state index contributed by atoms with van der Waals surface area (Å²) in [7, 11) is 0. The molecule has 0 N–H and O–H groups in total. The monoisotopic (exact) mass is 315 g/mol. The molecule has 0 radical (unpaired) electrons. The van der Waals surface area contributed by atoms with E-state index in [9.17, 15) is 9.59 Å². The van der Waals surface area contributed by atoms with Gasteiger partial charge in [0.15, 0.2) is 5.78 Å². The van der Waals surface area contributed by atoms with Gasteiger partial charge in [0.1, 0.15) is 0 Å². The summed E-state index contributed by atoms with van der Waals surface area (Å²) in [6.07, 6.45) is 0.496. The summed E-state index contributed by atoms with van der Waals surface area (Å²) in [6, 6.07) is 7.42. The second kappa shape index (κ2) is 4.30. The Bertz CT molecular complexity index is 417. The highest BCUT2D eigenvalue weighted by molar-refractivity contribution is 14.1. The number of likely N-dealkylation sites (tertiary alicyclic amines) is 1. The molecule has 1 aliphatic rings. The third-order valence-corrected chi connectivity index (χ3v) is 3.06. The van der Waals surface area contributed by atoms with Gasteiger partial charge in [-0.3, -0.25) is 9.59 Å². The molecule has 4 heteroatoms. The van der Waals surface area contributed by atoms with Gasteiger partial charge in [0.2, 0.25) is 0 Å². The number of amides is 1. The van der Waals surface area contributed by atoms with Gasteiger partial charge in [-0.1, -0.05) is 6.07 Å². The van der Waals surface area contributed by atoms with Gasteiger partial charge >= 0.3 is 0 Å². The Balaban J connectivity index is 2.17. The van der Waals surface area contributed by atoms with Gasteiger partial charge in [-0.05, 0) is 40.8 Å². The minimum atomic E-state index is -0.0423. The minimum Gasteiger partial charge on any atom is -0.331 e. The number of halogens is 1. The van der Waals surface area contributed by atoms with Crippen LogP contribution in [0.15, 0.2) is 24.3 Å². The molecule has 2 rings (SSSR count). The summed E-state index contributed by atoms with van der Waals surface area (Å²) in [5.74, 6) is 0.105. The van der Waals surface area contributed by atoms with Crippen molar-refractivity contribution in [3.05, 3.63) is 33.4 Å². The van der Waals surface area contributed by atoms with Crippen molar-refractivity contribution in [3.8, 4) is 0 Å². The Morgan fingerprint density at radius 2 is 2.20 bits per heavy atom. The Hall–Kier alpha value is -0.910. The number of benzene rings is 1. The molecular weight excluding hydrogens is 305 g/mol. The van der Waals surface area contributed by atoms with Crippen LogP contribution in [0, 0.1) is 3.57 Å². The number of nitrogens with zero attached hydrogens (tertiary/aromatic N) is 1. The number of ketones is 1. The van der Waals surface area contributed by atoms with Crippen molar-refractivity contribution in [2.45, 2.75) is 6.42 Å². The zero-order chi connectivity index (χ0) is 10.8. The predicted molar refractivity (Wildman–Crippen MR) is 64.7 cm³/mol. The zero-order valence-corrected chi connectivity index (χ0v) is 10.2. The SMILES string of the molecule is O=C1CCN(C(=O)c2cccc(I)c2)C1. The van der Waals surface area contributed by atoms with Crippen molar-refractivity contribution in [1.29, 1.82) is 0 Å². The average molecular weight is 315 g/mol. The maximum Gasteiger partial charge on any atom is 0.254 e. The maximum absolute atomic E-state index is 11.9. The van der Waals surface area contributed by atoms with Crippen LogP contribution >= 0.6 is 22.6 Å². The van der Waals surface area contributed by atoms with Crippen LogP contribution in [-0.4, -0.2) is 29.7 Å². The molecule has 15 heavy (non-hydrogen) atoms. The average Bonchev–Trinajstić information content (AvgIpc) is 2.64. The van der Waals surface area contributed by atoms with Gasteiger partial charge in [0.25, 0.3) is 5.91 Å². The molecule has 1 saturated heterocycles. The molecule has 0 aliphatic carbocycles. The molecule has 0 spiro atoms. The van der Waals surface area contributed by atoms with E-state index in [0.717, 1.165) is 3.57 Å². The normalized spacial score (nSPS) is 15.8. The Morgan fingerprint density at radius 3 is 2.80 bits per heavy atom. The molecule has 1 aromatic rings. The first kappa shape index (κ1) is 10.6. The molecule has 0 bridgehead atoms. The fourth-order valence-corrected chi connectivity index (χ4v) is 2.15. The number of carbonyl (C=O) groups is 2. The quantitative estimate of drug-likeness (QED) is 0.740. The lowest BCUT2D eigenvalue weighted by molar-refractivity contribution is -0.116. The summed E-state index contributed by atoms with van der Waals surface area (Å²) >= 11 is 2.17. The topological polar surface area (TPSA) is 37.4 Å². The lowest BCUT2D eigenvalue weighted by Gasteiger charge is -2.14. The summed E-state index contributed by atoms with van der Waals surface area (Å²) in [4.78, 5) is 24.6. The summed E-state index contributed by atoms with van der Waals surface area (Å²) < 4.78 is 1.03. The van der Waals surface area contributed by atoms with Crippen LogP contribution in [0.4, 0.5) is 0 Å². The highest BCUT2D eigenvalue weighted by Crippen LogP contribution is 2.13. The summed E-state index contributed by atoms with van der Waals surface area (Å²) in [5, 5.41) is 0. The molecule has 1 amide bonds. The van der Waals surface area contributed by atoms with E-state index in [1.54, 1.807) is 11.0 Å². The Labute approximate surface area is 102 Å². The summed E-state index contributed by atoms with van der Waals surface area (Å²) in [5.41, 5.74) is 0.664. The Morgan fingerprint density at radius 1 is 1.40 bits per heavy atom. The third-order valence-electron chi connectivity index (χ3n) is 2.39. The van der Waals surface area contributed by atoms with Crippen molar-refractivity contribution in [3.63, 3.8) is 0 Å². The standard InChI is InChI=1S/C11H10INO2/c12-9-3-1-2-8(6-9)11(15)13-5-4-10(14)7-13/h1-3,6H,4-5,7H2. The van der Waals surface area contributed by atoms with Crippen molar-refractivity contribution in [2.24, 2.45) is 0 Å². The highest BCUT2D eigenvalue weighted by atomic mass is 127. The van der Waals surface area contributed by atoms with Crippen molar-refractivity contribution < 1.29 is 9.59 Å². The molecule has 0 aromatic heterocycles. The van der Waals surface area contributed by atoms with Crippen LogP contribution in [0.1, 0.15) is 16.8 Å². The van der Waals surface area contributed by atoms with Crippen LogP contribution in [0.25, 0.3) is 0 Å². The molecular formula is C11H10INO2. The van der Waals surface area contributed by atoms with E-state index < -0.39 is 0 Å². The molecule has 78 valence electrons. The first-order valence-corrected chi connectivity index (χ1v) is 5.81. The van der Waals surface area contributed by atoms with Crippen LogP contribution in [-0.2, 0) is 4.79 Å². The number of hydrogen-bond acceptors (Lipinski definition) is 2. The van der Waals surface area contributed by atoms with E-state index in [-0.39, 0.29) is 18.2 Å². The van der Waals surface area contributed by atoms with Crippen LogP contribution in [0.3, 0.4) is 0 Å². The number of hydrogen-bond donors (Lipinski definition) is 0. The fraction of sp³-hybridized carbons (Fsp3) is 0.273. The predicted octanol–water partition coefficient (Wildman–Crippen LogP) is 1.71. The van der Waals surface area contributed by atoms with Crippen LogP contribution in [0.2, 0.25) is 0 Å². The Kier molecular flexibility index (Phi) is 3.04. The minimum absolute atomic E-state index is 0.0423. The number of Topliss-reactive ketones (excluding diaryl/α,β-unsaturated/α-hetero) is 1. The second-order valence-corrected chi connectivity index (χ2v) is 4.77. The van der Waals surface area contributed by atoms with Gasteiger partial charge in [0.05, 0.1) is 6.54 Å². The molecule has 1 aliphatic heterocycles. The van der Waals surface area contributed by atoms with Gasteiger partial charge < -0.3 is 4.90 Å². The lowest BCUT2D eigenvalue weighted by Crippen LogP contribution is -2.28. The van der Waals surface area contributed by atoms with E-state index >= 15 is 0 Å². The van der Waals surface area contributed by atoms with Crippen molar-refractivity contribution in [1.82, 2.24) is 4.90 Å². The molecule has 1 fully saturated rings. The smallest absolute Gasteiger partial charge is 0.254 e. The van der Waals surface area contributed by atoms with E-state index in [0.29, 0.717) is 18.5 Å².